The lowest BCUT2D eigenvalue weighted by Crippen LogP contribution is -2.30. The average Bonchev–Trinajstić information content (AvgIpc) is 2.94. The molecular formula is C14H14O4. The van der Waals surface area contributed by atoms with E-state index >= 15 is 0 Å². The number of furan rings is 1. The third kappa shape index (κ3) is 2.28. The van der Waals surface area contributed by atoms with E-state index in [4.69, 9.17) is 4.42 Å². The van der Waals surface area contributed by atoms with Crippen molar-refractivity contribution in [3.05, 3.63) is 60.1 Å². The molecule has 4 nitrogen and oxygen atoms in total. The summed E-state index contributed by atoms with van der Waals surface area (Å²) in [5.74, 6) is -0.183. The van der Waals surface area contributed by atoms with Crippen LogP contribution in [0.4, 0.5) is 0 Å². The quantitative estimate of drug-likeness (QED) is 0.839. The maximum absolute atomic E-state index is 11.5. The number of carbonyl (C=O) groups excluding carboxylic acids is 1. The van der Waals surface area contributed by atoms with Gasteiger partial charge in [-0.15, -0.1) is 0 Å². The molecule has 4 heteroatoms. The Hall–Kier alpha value is -2.07. The van der Waals surface area contributed by atoms with Crippen LogP contribution in [0.2, 0.25) is 0 Å². The van der Waals surface area contributed by atoms with Crippen LogP contribution in [0.5, 0.6) is 0 Å². The Morgan fingerprint density at radius 2 is 2.00 bits per heavy atom. The van der Waals surface area contributed by atoms with Crippen LogP contribution in [0, 0.1) is 0 Å². The molecule has 94 valence electrons. The maximum atomic E-state index is 11.5. The third-order valence-corrected chi connectivity index (χ3v) is 2.81. The molecule has 0 saturated heterocycles. The van der Waals surface area contributed by atoms with Gasteiger partial charge in [0.1, 0.15) is 5.76 Å². The van der Waals surface area contributed by atoms with Crippen molar-refractivity contribution in [2.24, 2.45) is 0 Å². The van der Waals surface area contributed by atoms with E-state index in [2.05, 4.69) is 4.74 Å². The second-order valence-electron chi connectivity index (χ2n) is 3.96. The van der Waals surface area contributed by atoms with E-state index in [1.54, 1.807) is 36.4 Å². The lowest BCUT2D eigenvalue weighted by atomic mass is 9.88. The van der Waals surface area contributed by atoms with Crippen molar-refractivity contribution < 1.29 is 19.1 Å². The van der Waals surface area contributed by atoms with Crippen molar-refractivity contribution in [2.45, 2.75) is 12.0 Å². The second-order valence-corrected chi connectivity index (χ2v) is 3.96. The topological polar surface area (TPSA) is 59.7 Å². The van der Waals surface area contributed by atoms with Gasteiger partial charge in [-0.1, -0.05) is 30.3 Å². The molecule has 1 atom stereocenters. The van der Waals surface area contributed by atoms with Crippen molar-refractivity contribution >= 4 is 5.97 Å². The summed E-state index contributed by atoms with van der Waals surface area (Å²) < 4.78 is 9.87. The zero-order valence-electron chi connectivity index (χ0n) is 10.00. The minimum Gasteiger partial charge on any atom is -0.469 e. The molecule has 1 unspecified atom stereocenters. The Bertz CT molecular complexity index is 504. The van der Waals surface area contributed by atoms with Crippen LogP contribution in [0.1, 0.15) is 17.7 Å². The minimum absolute atomic E-state index is 0.193. The highest BCUT2D eigenvalue weighted by Crippen LogP contribution is 2.33. The Balaban J connectivity index is 2.44. The molecule has 1 heterocycles. The summed E-state index contributed by atoms with van der Waals surface area (Å²) in [5.41, 5.74) is -0.914. The van der Waals surface area contributed by atoms with Crippen molar-refractivity contribution in [3.8, 4) is 0 Å². The fourth-order valence-corrected chi connectivity index (χ4v) is 1.84. The van der Waals surface area contributed by atoms with E-state index in [9.17, 15) is 9.90 Å². The predicted octanol–water partition coefficient (Wildman–Crippen LogP) is 2.08. The highest BCUT2D eigenvalue weighted by molar-refractivity contribution is 5.71. The molecule has 0 fully saturated rings. The standard InChI is InChI=1S/C14H14O4/c1-17-13(15)10-14(16,12-8-5-9-18-12)11-6-3-2-4-7-11/h2-9,16H,10H2,1H3. The first-order chi connectivity index (χ1) is 8.66. The number of aliphatic hydroxyl groups is 1. The first-order valence-electron chi connectivity index (χ1n) is 5.55. The van der Waals surface area contributed by atoms with Gasteiger partial charge in [0.05, 0.1) is 19.8 Å². The van der Waals surface area contributed by atoms with E-state index in [1.807, 2.05) is 6.07 Å². The molecule has 0 amide bonds. The van der Waals surface area contributed by atoms with Gasteiger partial charge < -0.3 is 14.3 Å². The van der Waals surface area contributed by atoms with Crippen molar-refractivity contribution in [2.75, 3.05) is 7.11 Å². The molecular weight excluding hydrogens is 232 g/mol. The summed E-state index contributed by atoms with van der Waals surface area (Å²) in [4.78, 5) is 11.5. The molecule has 0 saturated carbocycles. The number of ether oxygens (including phenoxy) is 1. The van der Waals surface area contributed by atoms with E-state index in [0.717, 1.165) is 0 Å². The van der Waals surface area contributed by atoms with Gasteiger partial charge >= 0.3 is 5.97 Å². The molecule has 1 aromatic heterocycles. The summed E-state index contributed by atoms with van der Waals surface area (Å²) >= 11 is 0. The van der Waals surface area contributed by atoms with Crippen LogP contribution in [-0.4, -0.2) is 18.2 Å². The first-order valence-corrected chi connectivity index (χ1v) is 5.55. The first kappa shape index (κ1) is 12.4. The number of hydrogen-bond acceptors (Lipinski definition) is 4. The highest BCUT2D eigenvalue weighted by Gasteiger charge is 2.37. The molecule has 0 aliphatic carbocycles. The Labute approximate surface area is 105 Å². The summed E-state index contributed by atoms with van der Waals surface area (Å²) in [7, 11) is 1.29. The smallest absolute Gasteiger partial charge is 0.309 e. The van der Waals surface area contributed by atoms with E-state index in [1.165, 1.54) is 13.4 Å². The molecule has 18 heavy (non-hydrogen) atoms. The van der Waals surface area contributed by atoms with Gasteiger partial charge in [0.25, 0.3) is 0 Å². The summed E-state index contributed by atoms with van der Waals surface area (Å²) in [5, 5.41) is 10.7. The number of esters is 1. The Morgan fingerprint density at radius 1 is 1.28 bits per heavy atom. The van der Waals surface area contributed by atoms with E-state index < -0.39 is 11.6 Å². The molecule has 0 spiro atoms. The molecule has 1 N–H and O–H groups in total. The number of carbonyl (C=O) groups is 1. The van der Waals surface area contributed by atoms with Crippen LogP contribution in [0.15, 0.2) is 53.1 Å². The molecule has 2 rings (SSSR count). The van der Waals surface area contributed by atoms with Crippen molar-refractivity contribution in [1.29, 1.82) is 0 Å². The van der Waals surface area contributed by atoms with Crippen LogP contribution in [0.25, 0.3) is 0 Å². The maximum Gasteiger partial charge on any atom is 0.309 e. The van der Waals surface area contributed by atoms with Crippen molar-refractivity contribution in [1.82, 2.24) is 0 Å². The molecule has 2 aromatic rings. The lowest BCUT2D eigenvalue weighted by Gasteiger charge is -2.25. The van der Waals surface area contributed by atoms with E-state index in [-0.39, 0.29) is 6.42 Å². The van der Waals surface area contributed by atoms with Gasteiger partial charge in [-0.05, 0) is 17.7 Å². The number of hydrogen-bond donors (Lipinski definition) is 1. The van der Waals surface area contributed by atoms with Gasteiger partial charge in [-0.25, -0.2) is 0 Å². The largest absolute Gasteiger partial charge is 0.469 e. The lowest BCUT2D eigenvalue weighted by molar-refractivity contribution is -0.145. The molecule has 0 aliphatic rings. The zero-order valence-corrected chi connectivity index (χ0v) is 10.00. The van der Waals surface area contributed by atoms with Crippen molar-refractivity contribution in [3.63, 3.8) is 0 Å². The normalized spacial score (nSPS) is 13.9. The Morgan fingerprint density at radius 3 is 2.56 bits per heavy atom. The van der Waals surface area contributed by atoms with Crippen LogP contribution in [-0.2, 0) is 15.1 Å². The fourth-order valence-electron chi connectivity index (χ4n) is 1.84. The monoisotopic (exact) mass is 246 g/mol. The number of methoxy groups -OCH3 is 1. The van der Waals surface area contributed by atoms with Gasteiger partial charge in [-0.2, -0.15) is 0 Å². The average molecular weight is 246 g/mol. The van der Waals surface area contributed by atoms with Gasteiger partial charge in [0, 0.05) is 0 Å². The summed E-state index contributed by atoms with van der Waals surface area (Å²) in [6, 6.07) is 12.2. The minimum atomic E-state index is -1.50. The SMILES string of the molecule is COC(=O)CC(O)(c1ccccc1)c1ccco1. The van der Waals surface area contributed by atoms with Gasteiger partial charge in [0.15, 0.2) is 5.60 Å². The number of benzene rings is 1. The van der Waals surface area contributed by atoms with Crippen LogP contribution < -0.4 is 0 Å². The molecule has 0 aliphatic heterocycles. The third-order valence-electron chi connectivity index (χ3n) is 2.81. The predicted molar refractivity (Wildman–Crippen MR) is 64.8 cm³/mol. The number of rotatable bonds is 4. The van der Waals surface area contributed by atoms with E-state index in [0.29, 0.717) is 11.3 Å². The van der Waals surface area contributed by atoms with Crippen LogP contribution in [0.3, 0.4) is 0 Å². The molecule has 0 bridgehead atoms. The molecule has 0 radical (unpaired) electrons. The van der Waals surface area contributed by atoms with Gasteiger partial charge in [0.2, 0.25) is 0 Å². The second kappa shape index (κ2) is 5.06. The highest BCUT2D eigenvalue weighted by atomic mass is 16.5. The van der Waals surface area contributed by atoms with Crippen LogP contribution >= 0.6 is 0 Å². The molecule has 1 aromatic carbocycles. The summed E-state index contributed by atoms with van der Waals surface area (Å²) in [6.07, 6.45) is 1.27. The Kier molecular flexibility index (Phi) is 3.48. The fraction of sp³-hybridized carbons (Fsp3) is 0.214. The van der Waals surface area contributed by atoms with Gasteiger partial charge in [-0.3, -0.25) is 4.79 Å². The zero-order chi connectivity index (χ0) is 13.0. The summed E-state index contributed by atoms with van der Waals surface area (Å²) in [6.45, 7) is 0.